The van der Waals surface area contributed by atoms with E-state index in [4.69, 9.17) is 9.47 Å². The molecule has 1 aliphatic rings. The van der Waals surface area contributed by atoms with E-state index in [1.54, 1.807) is 42.5 Å². The van der Waals surface area contributed by atoms with Gasteiger partial charge in [-0.25, -0.2) is 13.2 Å². The molecule has 0 aliphatic carbocycles. The summed E-state index contributed by atoms with van der Waals surface area (Å²) >= 11 is 0. The first kappa shape index (κ1) is 20.9. The lowest BCUT2D eigenvalue weighted by atomic mass is 10.0. The van der Waals surface area contributed by atoms with E-state index in [0.717, 1.165) is 11.8 Å². The molecule has 0 aromatic heterocycles. The number of anilines is 1. The molecule has 0 radical (unpaired) electrons. The summed E-state index contributed by atoms with van der Waals surface area (Å²) < 4.78 is 35.8. The molecule has 29 heavy (non-hydrogen) atoms. The van der Waals surface area contributed by atoms with Crippen LogP contribution in [0.5, 0.6) is 5.75 Å². The minimum absolute atomic E-state index is 0.206. The molecule has 2 aromatic carbocycles. The van der Waals surface area contributed by atoms with Crippen LogP contribution in [0.2, 0.25) is 0 Å². The summed E-state index contributed by atoms with van der Waals surface area (Å²) in [5.74, 6) is -0.299. The van der Waals surface area contributed by atoms with Gasteiger partial charge in [0.2, 0.25) is 10.0 Å². The van der Waals surface area contributed by atoms with Crippen molar-refractivity contribution in [3.8, 4) is 5.75 Å². The number of sulfonamides is 1. The fourth-order valence-corrected chi connectivity index (χ4v) is 4.70. The maximum atomic E-state index is 12.5. The highest BCUT2D eigenvalue weighted by atomic mass is 32.2. The van der Waals surface area contributed by atoms with Gasteiger partial charge < -0.3 is 9.47 Å². The molecule has 3 rings (SSSR count). The van der Waals surface area contributed by atoms with E-state index in [2.05, 4.69) is 0 Å². The van der Waals surface area contributed by atoms with Gasteiger partial charge in [-0.05, 0) is 68.3 Å². The number of benzene rings is 2. The largest absolute Gasteiger partial charge is 0.494 e. The van der Waals surface area contributed by atoms with Gasteiger partial charge in [0.25, 0.3) is 0 Å². The number of hydrogen-bond donors (Lipinski definition) is 0. The highest BCUT2D eigenvalue weighted by Crippen LogP contribution is 2.34. The highest BCUT2D eigenvalue weighted by Gasteiger charge is 2.32. The van der Waals surface area contributed by atoms with Crippen LogP contribution in [-0.2, 0) is 21.2 Å². The molecule has 1 heterocycles. The van der Waals surface area contributed by atoms with Crippen molar-refractivity contribution < 1.29 is 27.5 Å². The van der Waals surface area contributed by atoms with Crippen LogP contribution in [-0.4, -0.2) is 45.7 Å². The molecule has 0 saturated carbocycles. The maximum Gasteiger partial charge on any atom is 0.338 e. The average molecular weight is 417 g/mol. The van der Waals surface area contributed by atoms with E-state index in [0.29, 0.717) is 35.6 Å². The number of esters is 1. The minimum atomic E-state index is -3.39. The standard InChI is InChI=1S/C21H23NO6S/c1-4-27-18-8-5-15(6-9-18)21(24)28-13-20(23)16-7-10-19-17(12-16)11-14(2)22(19)29(3,25)26/h5-10,12,14H,4,11,13H2,1-3H3/t14-/m0/s1. The number of Topliss-reactive ketones (excluding diaryl/α,β-unsaturated/α-hetero) is 1. The molecule has 2 aromatic rings. The molecular formula is C21H23NO6S. The number of hydrogen-bond acceptors (Lipinski definition) is 6. The Hall–Kier alpha value is -2.87. The predicted molar refractivity (Wildman–Crippen MR) is 109 cm³/mol. The molecule has 7 nitrogen and oxygen atoms in total. The zero-order valence-corrected chi connectivity index (χ0v) is 17.4. The van der Waals surface area contributed by atoms with Gasteiger partial charge in [-0.2, -0.15) is 0 Å². The van der Waals surface area contributed by atoms with Crippen molar-refractivity contribution >= 4 is 27.5 Å². The Balaban J connectivity index is 1.66. The Morgan fingerprint density at radius 2 is 1.76 bits per heavy atom. The van der Waals surface area contributed by atoms with E-state index < -0.39 is 22.6 Å². The van der Waals surface area contributed by atoms with Gasteiger partial charge in [-0.15, -0.1) is 0 Å². The van der Waals surface area contributed by atoms with Gasteiger partial charge in [0.05, 0.1) is 24.1 Å². The molecule has 0 fully saturated rings. The van der Waals surface area contributed by atoms with Gasteiger partial charge in [-0.1, -0.05) is 0 Å². The third kappa shape index (κ3) is 4.59. The average Bonchev–Trinajstić information content (AvgIpc) is 3.01. The summed E-state index contributed by atoms with van der Waals surface area (Å²) in [5, 5.41) is 0. The highest BCUT2D eigenvalue weighted by molar-refractivity contribution is 7.92. The van der Waals surface area contributed by atoms with Crippen molar-refractivity contribution in [2.24, 2.45) is 0 Å². The number of carbonyl (C=O) groups is 2. The van der Waals surface area contributed by atoms with Crippen LogP contribution >= 0.6 is 0 Å². The smallest absolute Gasteiger partial charge is 0.338 e. The van der Waals surface area contributed by atoms with E-state index >= 15 is 0 Å². The first-order valence-electron chi connectivity index (χ1n) is 9.26. The molecule has 8 heteroatoms. The van der Waals surface area contributed by atoms with Crippen LogP contribution in [0, 0.1) is 0 Å². The van der Waals surface area contributed by atoms with Crippen LogP contribution in [0.25, 0.3) is 0 Å². The molecule has 0 N–H and O–H groups in total. The maximum absolute atomic E-state index is 12.5. The molecule has 0 bridgehead atoms. The zero-order valence-electron chi connectivity index (χ0n) is 16.5. The van der Waals surface area contributed by atoms with Gasteiger partial charge in [0.1, 0.15) is 5.75 Å². The lowest BCUT2D eigenvalue weighted by molar-refractivity contribution is 0.0474. The summed E-state index contributed by atoms with van der Waals surface area (Å²) in [4.78, 5) is 24.6. The third-order valence-electron chi connectivity index (χ3n) is 4.65. The Bertz CT molecular complexity index is 1030. The molecule has 154 valence electrons. The lowest BCUT2D eigenvalue weighted by Crippen LogP contribution is -2.34. The first-order chi connectivity index (χ1) is 13.7. The van der Waals surface area contributed by atoms with Gasteiger partial charge in [0.15, 0.2) is 12.4 Å². The third-order valence-corrected chi connectivity index (χ3v) is 5.92. The van der Waals surface area contributed by atoms with Crippen molar-refractivity contribution in [3.63, 3.8) is 0 Å². The summed E-state index contributed by atoms with van der Waals surface area (Å²) in [6, 6.07) is 11.1. The van der Waals surface area contributed by atoms with Gasteiger partial charge in [0, 0.05) is 11.6 Å². The topological polar surface area (TPSA) is 90.0 Å². The van der Waals surface area contributed by atoms with Crippen LogP contribution in [0.4, 0.5) is 5.69 Å². The Kier molecular flexibility index (Phi) is 5.93. The number of ketones is 1. The zero-order chi connectivity index (χ0) is 21.2. The Labute approximate surface area is 170 Å². The van der Waals surface area contributed by atoms with Crippen molar-refractivity contribution in [1.82, 2.24) is 0 Å². The molecule has 1 aliphatic heterocycles. The van der Waals surface area contributed by atoms with Gasteiger partial charge >= 0.3 is 5.97 Å². The fraction of sp³-hybridized carbons (Fsp3) is 0.333. The van der Waals surface area contributed by atoms with E-state index in [9.17, 15) is 18.0 Å². The normalized spacial score (nSPS) is 15.7. The second-order valence-electron chi connectivity index (χ2n) is 6.91. The van der Waals surface area contributed by atoms with Crippen molar-refractivity contribution in [1.29, 1.82) is 0 Å². The molecule has 0 unspecified atom stereocenters. The second-order valence-corrected chi connectivity index (χ2v) is 8.77. The molecule has 0 spiro atoms. The number of ether oxygens (including phenoxy) is 2. The van der Waals surface area contributed by atoms with Crippen LogP contribution in [0.1, 0.15) is 40.1 Å². The number of rotatable bonds is 7. The van der Waals surface area contributed by atoms with Crippen molar-refractivity contribution in [2.75, 3.05) is 23.8 Å². The van der Waals surface area contributed by atoms with E-state index in [-0.39, 0.29) is 11.8 Å². The number of fused-ring (bicyclic) bond motifs is 1. The minimum Gasteiger partial charge on any atom is -0.494 e. The SMILES string of the molecule is CCOc1ccc(C(=O)OCC(=O)c2ccc3c(c2)C[C@H](C)N3S(C)(=O)=O)cc1. The molecule has 0 saturated heterocycles. The monoisotopic (exact) mass is 417 g/mol. The molecule has 1 atom stereocenters. The van der Waals surface area contributed by atoms with Crippen LogP contribution in [0.15, 0.2) is 42.5 Å². The summed E-state index contributed by atoms with van der Waals surface area (Å²) in [6.07, 6.45) is 1.69. The summed E-state index contributed by atoms with van der Waals surface area (Å²) in [7, 11) is -3.39. The fourth-order valence-electron chi connectivity index (χ4n) is 3.43. The summed E-state index contributed by atoms with van der Waals surface area (Å²) in [6.45, 7) is 3.82. The van der Waals surface area contributed by atoms with Crippen LogP contribution < -0.4 is 9.04 Å². The Morgan fingerprint density at radius 3 is 2.38 bits per heavy atom. The van der Waals surface area contributed by atoms with E-state index in [1.165, 1.54) is 4.31 Å². The van der Waals surface area contributed by atoms with Crippen molar-refractivity contribution in [2.45, 2.75) is 26.3 Å². The Morgan fingerprint density at radius 1 is 1.10 bits per heavy atom. The molecule has 0 amide bonds. The summed E-state index contributed by atoms with van der Waals surface area (Å²) in [5.41, 5.74) is 2.08. The number of carbonyl (C=O) groups excluding carboxylic acids is 2. The molecular weight excluding hydrogens is 394 g/mol. The van der Waals surface area contributed by atoms with Gasteiger partial charge in [-0.3, -0.25) is 9.10 Å². The first-order valence-corrected chi connectivity index (χ1v) is 11.1. The predicted octanol–water partition coefficient (Wildman–Crippen LogP) is 2.84. The van der Waals surface area contributed by atoms with Crippen molar-refractivity contribution in [3.05, 3.63) is 59.2 Å². The van der Waals surface area contributed by atoms with Crippen LogP contribution in [0.3, 0.4) is 0 Å². The number of nitrogens with zero attached hydrogens (tertiary/aromatic N) is 1. The van der Waals surface area contributed by atoms with E-state index in [1.807, 2.05) is 13.8 Å². The quantitative estimate of drug-likeness (QED) is 0.508. The second kappa shape index (κ2) is 8.24. The lowest BCUT2D eigenvalue weighted by Gasteiger charge is -2.21.